The van der Waals surface area contributed by atoms with Crippen LogP contribution in [0.4, 0.5) is 0 Å². The molecule has 0 saturated heterocycles. The third kappa shape index (κ3) is 2.38. The summed E-state index contributed by atoms with van der Waals surface area (Å²) in [7, 11) is 0. The number of rotatable bonds is 4. The molecule has 1 nitrogen and oxygen atoms in total. The SMILES string of the molecule is C=C(C)C(C)(CC)Oc1ccccc1. The number of hydrogen-bond acceptors (Lipinski definition) is 1. The fraction of sp³-hybridized carbons (Fsp3) is 0.385. The van der Waals surface area contributed by atoms with Gasteiger partial charge in [0.05, 0.1) is 0 Å². The van der Waals surface area contributed by atoms with Crippen LogP contribution in [0.25, 0.3) is 0 Å². The molecule has 0 bridgehead atoms. The highest BCUT2D eigenvalue weighted by atomic mass is 16.5. The van der Waals surface area contributed by atoms with Crippen LogP contribution in [0.3, 0.4) is 0 Å². The van der Waals surface area contributed by atoms with Gasteiger partial charge in [-0.15, -0.1) is 0 Å². The van der Waals surface area contributed by atoms with E-state index < -0.39 is 0 Å². The Bertz CT molecular complexity index is 302. The average Bonchev–Trinajstić information content (AvgIpc) is 2.19. The summed E-state index contributed by atoms with van der Waals surface area (Å²) in [6.07, 6.45) is 0.928. The molecule has 0 radical (unpaired) electrons. The topological polar surface area (TPSA) is 9.23 Å². The van der Waals surface area contributed by atoms with Gasteiger partial charge in [0.25, 0.3) is 0 Å². The van der Waals surface area contributed by atoms with Crippen LogP contribution < -0.4 is 4.74 Å². The summed E-state index contributed by atoms with van der Waals surface area (Å²) < 4.78 is 5.91. The lowest BCUT2D eigenvalue weighted by Gasteiger charge is -2.30. The molecular formula is C13H18O. The smallest absolute Gasteiger partial charge is 0.126 e. The van der Waals surface area contributed by atoms with E-state index in [0.29, 0.717) is 0 Å². The maximum atomic E-state index is 5.91. The normalized spacial score (nSPS) is 14.5. The maximum absolute atomic E-state index is 5.91. The molecule has 1 aromatic carbocycles. The molecule has 76 valence electrons. The second-order valence-electron chi connectivity index (χ2n) is 3.78. The van der Waals surface area contributed by atoms with Crippen molar-refractivity contribution in [1.29, 1.82) is 0 Å². The van der Waals surface area contributed by atoms with E-state index in [1.807, 2.05) is 37.3 Å². The zero-order chi connectivity index (χ0) is 10.6. The van der Waals surface area contributed by atoms with Gasteiger partial charge in [0.1, 0.15) is 11.4 Å². The lowest BCUT2D eigenvalue weighted by molar-refractivity contribution is 0.124. The van der Waals surface area contributed by atoms with Crippen LogP contribution in [0, 0.1) is 0 Å². The second-order valence-corrected chi connectivity index (χ2v) is 3.78. The summed E-state index contributed by atoms with van der Waals surface area (Å²) in [6, 6.07) is 9.87. The highest BCUT2D eigenvalue weighted by molar-refractivity contribution is 5.24. The van der Waals surface area contributed by atoms with Crippen LogP contribution in [0.5, 0.6) is 5.75 Å². The molecule has 0 heterocycles. The number of ether oxygens (including phenoxy) is 1. The van der Waals surface area contributed by atoms with Crippen molar-refractivity contribution >= 4 is 0 Å². The van der Waals surface area contributed by atoms with E-state index in [0.717, 1.165) is 17.7 Å². The molecular weight excluding hydrogens is 172 g/mol. The van der Waals surface area contributed by atoms with E-state index in [4.69, 9.17) is 4.74 Å². The molecule has 14 heavy (non-hydrogen) atoms. The third-order valence-corrected chi connectivity index (χ3v) is 2.66. The minimum absolute atomic E-state index is 0.249. The quantitative estimate of drug-likeness (QED) is 0.656. The molecule has 0 spiro atoms. The first-order valence-corrected chi connectivity index (χ1v) is 4.98. The Morgan fingerprint density at radius 1 is 1.36 bits per heavy atom. The van der Waals surface area contributed by atoms with E-state index >= 15 is 0 Å². The van der Waals surface area contributed by atoms with Crippen molar-refractivity contribution in [2.45, 2.75) is 32.8 Å². The molecule has 0 aliphatic rings. The van der Waals surface area contributed by atoms with Gasteiger partial charge in [-0.3, -0.25) is 0 Å². The highest BCUT2D eigenvalue weighted by Gasteiger charge is 2.24. The van der Waals surface area contributed by atoms with Gasteiger partial charge in [0.2, 0.25) is 0 Å². The van der Waals surface area contributed by atoms with Crippen molar-refractivity contribution in [2.24, 2.45) is 0 Å². The summed E-state index contributed by atoms with van der Waals surface area (Å²) in [4.78, 5) is 0. The molecule has 1 heteroatoms. The van der Waals surface area contributed by atoms with Crippen LogP contribution in [0.2, 0.25) is 0 Å². The summed E-state index contributed by atoms with van der Waals surface area (Å²) in [5, 5.41) is 0. The van der Waals surface area contributed by atoms with Gasteiger partial charge in [-0.25, -0.2) is 0 Å². The lowest BCUT2D eigenvalue weighted by Crippen LogP contribution is -2.32. The highest BCUT2D eigenvalue weighted by Crippen LogP contribution is 2.26. The second kappa shape index (κ2) is 4.32. The number of benzene rings is 1. The molecule has 1 atom stereocenters. The van der Waals surface area contributed by atoms with E-state index in [1.165, 1.54) is 0 Å². The van der Waals surface area contributed by atoms with Gasteiger partial charge >= 0.3 is 0 Å². The van der Waals surface area contributed by atoms with Crippen LogP contribution in [-0.4, -0.2) is 5.60 Å². The van der Waals surface area contributed by atoms with Crippen molar-refractivity contribution < 1.29 is 4.74 Å². The molecule has 0 aliphatic carbocycles. The van der Waals surface area contributed by atoms with Crippen molar-refractivity contribution in [2.75, 3.05) is 0 Å². The molecule has 0 N–H and O–H groups in total. The Hall–Kier alpha value is -1.24. The minimum atomic E-state index is -0.249. The van der Waals surface area contributed by atoms with Gasteiger partial charge < -0.3 is 4.74 Å². The Kier molecular flexibility index (Phi) is 3.34. The molecule has 0 aliphatic heterocycles. The summed E-state index contributed by atoms with van der Waals surface area (Å²) in [5.74, 6) is 0.903. The van der Waals surface area contributed by atoms with Gasteiger partial charge in [0.15, 0.2) is 0 Å². The standard InChI is InChI=1S/C13H18O/c1-5-13(4,11(2)3)14-12-9-7-6-8-10-12/h6-10H,2,5H2,1,3-4H3. The van der Waals surface area contributed by atoms with Gasteiger partial charge in [-0.2, -0.15) is 0 Å². The van der Waals surface area contributed by atoms with Crippen LogP contribution >= 0.6 is 0 Å². The molecule has 1 aromatic rings. The molecule has 1 unspecified atom stereocenters. The fourth-order valence-electron chi connectivity index (χ4n) is 1.21. The minimum Gasteiger partial charge on any atom is -0.483 e. The molecule has 0 aromatic heterocycles. The van der Waals surface area contributed by atoms with E-state index in [1.54, 1.807) is 0 Å². The van der Waals surface area contributed by atoms with Gasteiger partial charge in [-0.05, 0) is 38.0 Å². The first kappa shape index (κ1) is 10.8. The monoisotopic (exact) mass is 190 g/mol. The maximum Gasteiger partial charge on any atom is 0.126 e. The predicted octanol–water partition coefficient (Wildman–Crippen LogP) is 3.81. The molecule has 1 rings (SSSR count). The largest absolute Gasteiger partial charge is 0.483 e. The first-order chi connectivity index (χ1) is 6.58. The van der Waals surface area contributed by atoms with Crippen molar-refractivity contribution in [3.63, 3.8) is 0 Å². The summed E-state index contributed by atoms with van der Waals surface area (Å²) in [6.45, 7) is 10.2. The third-order valence-electron chi connectivity index (χ3n) is 2.66. The van der Waals surface area contributed by atoms with Gasteiger partial charge in [-0.1, -0.05) is 31.7 Å². The van der Waals surface area contributed by atoms with Gasteiger partial charge in [0, 0.05) is 0 Å². The van der Waals surface area contributed by atoms with E-state index in [2.05, 4.69) is 20.4 Å². The van der Waals surface area contributed by atoms with Crippen LogP contribution in [0.15, 0.2) is 42.5 Å². The molecule has 0 amide bonds. The van der Waals surface area contributed by atoms with Crippen LogP contribution in [-0.2, 0) is 0 Å². The number of para-hydroxylation sites is 1. The fourth-order valence-corrected chi connectivity index (χ4v) is 1.21. The summed E-state index contributed by atoms with van der Waals surface area (Å²) >= 11 is 0. The zero-order valence-corrected chi connectivity index (χ0v) is 9.21. The van der Waals surface area contributed by atoms with E-state index in [9.17, 15) is 0 Å². The zero-order valence-electron chi connectivity index (χ0n) is 9.21. The first-order valence-electron chi connectivity index (χ1n) is 4.98. The number of hydrogen-bond donors (Lipinski definition) is 0. The Balaban J connectivity index is 2.81. The van der Waals surface area contributed by atoms with Crippen molar-refractivity contribution in [1.82, 2.24) is 0 Å². The van der Waals surface area contributed by atoms with E-state index in [-0.39, 0.29) is 5.60 Å². The Labute approximate surface area is 86.4 Å². The predicted molar refractivity (Wildman–Crippen MR) is 60.6 cm³/mol. The van der Waals surface area contributed by atoms with Crippen LogP contribution in [0.1, 0.15) is 27.2 Å². The Morgan fingerprint density at radius 2 is 1.93 bits per heavy atom. The lowest BCUT2D eigenvalue weighted by atomic mass is 9.95. The summed E-state index contributed by atoms with van der Waals surface area (Å²) in [5.41, 5.74) is 0.810. The Morgan fingerprint density at radius 3 is 2.36 bits per heavy atom. The van der Waals surface area contributed by atoms with Crippen molar-refractivity contribution in [3.8, 4) is 5.75 Å². The molecule has 0 saturated carbocycles. The average molecular weight is 190 g/mol. The van der Waals surface area contributed by atoms with Crippen molar-refractivity contribution in [3.05, 3.63) is 42.5 Å². The molecule has 0 fully saturated rings.